The summed E-state index contributed by atoms with van der Waals surface area (Å²) in [6.45, 7) is 5.98. The fourth-order valence-corrected chi connectivity index (χ4v) is 2.62. The van der Waals surface area contributed by atoms with Crippen LogP contribution in [0.2, 0.25) is 5.02 Å². The van der Waals surface area contributed by atoms with E-state index in [0.717, 1.165) is 29.5 Å². The number of aromatic nitrogens is 1. The normalized spacial score (nSPS) is 12.4. The van der Waals surface area contributed by atoms with E-state index >= 15 is 0 Å². The lowest BCUT2D eigenvalue weighted by atomic mass is 10.1. The molecule has 2 aromatic rings. The molecule has 1 unspecified atom stereocenters. The van der Waals surface area contributed by atoms with Crippen LogP contribution in [0.1, 0.15) is 31.0 Å². The highest BCUT2D eigenvalue weighted by Gasteiger charge is 2.14. The Labute approximate surface area is 132 Å². The zero-order chi connectivity index (χ0) is 15.2. The Hall–Kier alpha value is -1.58. The van der Waals surface area contributed by atoms with Crippen molar-refractivity contribution in [1.29, 1.82) is 0 Å². The largest absolute Gasteiger partial charge is 0.370 e. The van der Waals surface area contributed by atoms with Gasteiger partial charge in [-0.3, -0.25) is 4.90 Å². The molecule has 1 N–H and O–H groups in total. The van der Waals surface area contributed by atoms with Gasteiger partial charge in [-0.2, -0.15) is 0 Å². The van der Waals surface area contributed by atoms with E-state index < -0.39 is 0 Å². The Morgan fingerprint density at radius 3 is 2.76 bits per heavy atom. The number of hydrogen-bond acceptors (Lipinski definition) is 3. The predicted molar refractivity (Wildman–Crippen MR) is 89.7 cm³/mol. The first kappa shape index (κ1) is 15.8. The van der Waals surface area contributed by atoms with Gasteiger partial charge in [0.25, 0.3) is 0 Å². The standard InChI is InChI=1S/C17H22ClN3/c1-4-19-17-11-14(9-10-20-17)12-21(3)13(2)15-7-5-6-8-16(15)18/h5-11,13H,4,12H2,1-3H3,(H,19,20). The molecule has 4 heteroatoms. The Bertz CT molecular complexity index is 586. The van der Waals surface area contributed by atoms with Crippen LogP contribution in [0.15, 0.2) is 42.6 Å². The minimum atomic E-state index is 0.259. The number of hydrogen-bond donors (Lipinski definition) is 1. The van der Waals surface area contributed by atoms with Crippen molar-refractivity contribution < 1.29 is 0 Å². The highest BCUT2D eigenvalue weighted by Crippen LogP contribution is 2.27. The molecule has 3 nitrogen and oxygen atoms in total. The zero-order valence-corrected chi connectivity index (χ0v) is 13.6. The summed E-state index contributed by atoms with van der Waals surface area (Å²) in [5.41, 5.74) is 2.39. The number of rotatable bonds is 6. The molecule has 112 valence electrons. The van der Waals surface area contributed by atoms with Gasteiger partial charge >= 0.3 is 0 Å². The second-order valence-corrected chi connectivity index (χ2v) is 5.60. The first-order valence-corrected chi connectivity index (χ1v) is 7.63. The molecule has 0 spiro atoms. The van der Waals surface area contributed by atoms with Crippen LogP contribution in [0, 0.1) is 0 Å². The van der Waals surface area contributed by atoms with E-state index in [-0.39, 0.29) is 6.04 Å². The molecule has 0 amide bonds. The lowest BCUT2D eigenvalue weighted by molar-refractivity contribution is 0.253. The smallest absolute Gasteiger partial charge is 0.126 e. The highest BCUT2D eigenvalue weighted by atomic mass is 35.5. The molecule has 0 saturated carbocycles. The molecule has 0 aliphatic heterocycles. The van der Waals surface area contributed by atoms with E-state index in [9.17, 15) is 0 Å². The Kier molecular flexibility index (Phi) is 5.59. The summed E-state index contributed by atoms with van der Waals surface area (Å²) in [5.74, 6) is 0.925. The van der Waals surface area contributed by atoms with Gasteiger partial charge in [0, 0.05) is 30.4 Å². The molecule has 1 heterocycles. The van der Waals surface area contributed by atoms with Crippen molar-refractivity contribution in [2.24, 2.45) is 0 Å². The van der Waals surface area contributed by atoms with Crippen LogP contribution in [0.5, 0.6) is 0 Å². The Morgan fingerprint density at radius 1 is 1.29 bits per heavy atom. The van der Waals surface area contributed by atoms with E-state index in [4.69, 9.17) is 11.6 Å². The second-order valence-electron chi connectivity index (χ2n) is 5.19. The quantitative estimate of drug-likeness (QED) is 0.859. The van der Waals surface area contributed by atoms with Gasteiger partial charge in [0.1, 0.15) is 5.82 Å². The van der Waals surface area contributed by atoms with Gasteiger partial charge in [-0.05, 0) is 50.2 Å². The van der Waals surface area contributed by atoms with E-state index in [2.05, 4.69) is 54.3 Å². The third-order valence-corrected chi connectivity index (χ3v) is 3.97. The average Bonchev–Trinajstić information content (AvgIpc) is 2.48. The number of anilines is 1. The summed E-state index contributed by atoms with van der Waals surface area (Å²) in [4.78, 5) is 6.59. The summed E-state index contributed by atoms with van der Waals surface area (Å²) < 4.78 is 0. The van der Waals surface area contributed by atoms with Crippen LogP contribution in [0.3, 0.4) is 0 Å². The molecule has 0 saturated heterocycles. The van der Waals surface area contributed by atoms with Gasteiger partial charge in [0.05, 0.1) is 0 Å². The minimum Gasteiger partial charge on any atom is -0.370 e. The summed E-state index contributed by atoms with van der Waals surface area (Å²) in [6.07, 6.45) is 1.85. The second kappa shape index (κ2) is 7.43. The van der Waals surface area contributed by atoms with Crippen molar-refractivity contribution in [3.05, 3.63) is 58.7 Å². The zero-order valence-electron chi connectivity index (χ0n) is 12.8. The molecule has 0 bridgehead atoms. The van der Waals surface area contributed by atoms with Crippen molar-refractivity contribution in [1.82, 2.24) is 9.88 Å². The molecule has 1 aromatic carbocycles. The molecule has 1 aromatic heterocycles. The van der Waals surface area contributed by atoms with E-state index in [1.807, 2.05) is 24.4 Å². The monoisotopic (exact) mass is 303 g/mol. The fraction of sp³-hybridized carbons (Fsp3) is 0.353. The van der Waals surface area contributed by atoms with Crippen LogP contribution in [0.25, 0.3) is 0 Å². The maximum Gasteiger partial charge on any atom is 0.126 e. The van der Waals surface area contributed by atoms with Gasteiger partial charge in [-0.25, -0.2) is 4.98 Å². The molecule has 2 rings (SSSR count). The lowest BCUT2D eigenvalue weighted by Crippen LogP contribution is -2.22. The fourth-order valence-electron chi connectivity index (χ4n) is 2.33. The topological polar surface area (TPSA) is 28.2 Å². The molecule has 0 aliphatic rings. The van der Waals surface area contributed by atoms with Crippen molar-refractivity contribution in [2.75, 3.05) is 18.9 Å². The number of nitrogens with zero attached hydrogens (tertiary/aromatic N) is 2. The van der Waals surface area contributed by atoms with E-state index in [0.29, 0.717) is 0 Å². The van der Waals surface area contributed by atoms with Crippen LogP contribution in [-0.2, 0) is 6.54 Å². The van der Waals surface area contributed by atoms with Crippen molar-refractivity contribution >= 4 is 17.4 Å². The highest BCUT2D eigenvalue weighted by molar-refractivity contribution is 6.31. The molecule has 1 atom stereocenters. The maximum atomic E-state index is 6.29. The number of benzene rings is 1. The lowest BCUT2D eigenvalue weighted by Gasteiger charge is -2.26. The van der Waals surface area contributed by atoms with Gasteiger partial charge in [0.2, 0.25) is 0 Å². The van der Waals surface area contributed by atoms with E-state index in [1.54, 1.807) is 0 Å². The van der Waals surface area contributed by atoms with Crippen LogP contribution in [0.4, 0.5) is 5.82 Å². The molecule has 0 aliphatic carbocycles. The third-order valence-electron chi connectivity index (χ3n) is 3.63. The minimum absolute atomic E-state index is 0.259. The Balaban J connectivity index is 2.09. The summed E-state index contributed by atoms with van der Waals surface area (Å²) in [5, 5.41) is 4.06. The van der Waals surface area contributed by atoms with Crippen molar-refractivity contribution in [3.63, 3.8) is 0 Å². The molecule has 21 heavy (non-hydrogen) atoms. The third kappa shape index (κ3) is 4.19. The predicted octanol–water partition coefficient (Wildman–Crippen LogP) is 4.36. The molecule has 0 radical (unpaired) electrons. The van der Waals surface area contributed by atoms with Crippen molar-refractivity contribution in [2.45, 2.75) is 26.4 Å². The Morgan fingerprint density at radius 2 is 2.05 bits per heavy atom. The van der Waals surface area contributed by atoms with Gasteiger partial charge in [-0.15, -0.1) is 0 Å². The van der Waals surface area contributed by atoms with Crippen molar-refractivity contribution in [3.8, 4) is 0 Å². The molecule has 0 fully saturated rings. The van der Waals surface area contributed by atoms with Gasteiger partial charge in [-0.1, -0.05) is 29.8 Å². The number of halogens is 1. The van der Waals surface area contributed by atoms with Crippen LogP contribution < -0.4 is 5.32 Å². The van der Waals surface area contributed by atoms with Gasteiger partial charge < -0.3 is 5.32 Å². The van der Waals surface area contributed by atoms with Gasteiger partial charge in [0.15, 0.2) is 0 Å². The first-order valence-electron chi connectivity index (χ1n) is 7.25. The van der Waals surface area contributed by atoms with Crippen LogP contribution >= 0.6 is 11.6 Å². The number of nitrogens with one attached hydrogen (secondary N) is 1. The van der Waals surface area contributed by atoms with E-state index in [1.165, 1.54) is 5.56 Å². The maximum absolute atomic E-state index is 6.29. The molecular weight excluding hydrogens is 282 g/mol. The SMILES string of the molecule is CCNc1cc(CN(C)C(C)c2ccccc2Cl)ccn1. The first-order chi connectivity index (χ1) is 10.1. The summed E-state index contributed by atoms with van der Waals surface area (Å²) in [6, 6.07) is 12.4. The number of pyridine rings is 1. The summed E-state index contributed by atoms with van der Waals surface area (Å²) in [7, 11) is 2.11. The average molecular weight is 304 g/mol. The molecular formula is C17H22ClN3. The summed E-state index contributed by atoms with van der Waals surface area (Å²) >= 11 is 6.29. The van der Waals surface area contributed by atoms with Crippen LogP contribution in [-0.4, -0.2) is 23.5 Å².